The van der Waals surface area contributed by atoms with Gasteiger partial charge in [0.1, 0.15) is 6.04 Å². The minimum Gasteiger partial charge on any atom is -0.480 e. The van der Waals surface area contributed by atoms with Crippen molar-refractivity contribution in [1.82, 2.24) is 4.90 Å². The molecule has 0 aromatic carbocycles. The largest absolute Gasteiger partial charge is 0.480 e. The van der Waals surface area contributed by atoms with E-state index in [9.17, 15) is 19.2 Å². The van der Waals surface area contributed by atoms with Crippen LogP contribution in [-0.4, -0.2) is 59.4 Å². The highest BCUT2D eigenvalue weighted by atomic mass is 16.5. The molecule has 1 rings (SSSR count). The number of aliphatic carboxylic acids is 1. The molecule has 1 aliphatic heterocycles. The second-order valence-corrected chi connectivity index (χ2v) is 3.85. The van der Waals surface area contributed by atoms with Crippen LogP contribution in [-0.2, 0) is 23.9 Å². The van der Waals surface area contributed by atoms with E-state index in [2.05, 4.69) is 9.47 Å². The van der Waals surface area contributed by atoms with E-state index in [1.54, 1.807) is 0 Å². The van der Waals surface area contributed by atoms with Crippen molar-refractivity contribution in [3.63, 3.8) is 0 Å². The number of hydrogen-bond acceptors (Lipinski definition) is 6. The quantitative estimate of drug-likeness (QED) is 0.316. The Morgan fingerprint density at radius 1 is 1.10 bits per heavy atom. The maximum Gasteiger partial charge on any atom is 0.412 e. The highest BCUT2D eigenvalue weighted by Crippen LogP contribution is 2.31. The molecular formula is C11H13NO8. The van der Waals surface area contributed by atoms with Gasteiger partial charge in [0.2, 0.25) is 0 Å². The van der Waals surface area contributed by atoms with Crippen LogP contribution in [0.15, 0.2) is 11.3 Å². The third-order valence-electron chi connectivity index (χ3n) is 2.82. The highest BCUT2D eigenvalue weighted by Gasteiger charge is 2.42. The number of allylic oxidation sites excluding steroid dienone is 1. The number of likely N-dealkylation sites (tertiary alicyclic amines) is 1. The Morgan fingerprint density at radius 3 is 1.95 bits per heavy atom. The van der Waals surface area contributed by atoms with Crippen LogP contribution < -0.4 is 0 Å². The van der Waals surface area contributed by atoms with Crippen molar-refractivity contribution in [3.8, 4) is 0 Å². The van der Waals surface area contributed by atoms with Crippen molar-refractivity contribution in [2.24, 2.45) is 0 Å². The number of esters is 2. The first kappa shape index (κ1) is 15.5. The zero-order valence-corrected chi connectivity index (χ0v) is 10.8. The molecular weight excluding hydrogens is 274 g/mol. The number of carboxylic acid groups (broad SMARTS) is 2. The lowest BCUT2D eigenvalue weighted by Gasteiger charge is -2.20. The monoisotopic (exact) mass is 287 g/mol. The van der Waals surface area contributed by atoms with Crippen LogP contribution in [0.5, 0.6) is 0 Å². The predicted molar refractivity (Wildman–Crippen MR) is 61.6 cm³/mol. The first-order valence-corrected chi connectivity index (χ1v) is 5.49. The average Bonchev–Trinajstić information content (AvgIpc) is 2.83. The minimum absolute atomic E-state index is 0.0472. The smallest absolute Gasteiger partial charge is 0.412 e. The van der Waals surface area contributed by atoms with E-state index >= 15 is 0 Å². The summed E-state index contributed by atoms with van der Waals surface area (Å²) in [6.07, 6.45) is -1.69. The van der Waals surface area contributed by atoms with E-state index in [-0.39, 0.29) is 18.5 Å². The summed E-state index contributed by atoms with van der Waals surface area (Å²) in [7, 11) is 2.03. The molecule has 1 amide bonds. The molecule has 0 saturated carbocycles. The molecule has 1 heterocycles. The molecule has 0 aromatic rings. The van der Waals surface area contributed by atoms with Crippen molar-refractivity contribution in [1.29, 1.82) is 0 Å². The molecule has 0 spiro atoms. The van der Waals surface area contributed by atoms with E-state index in [0.29, 0.717) is 4.90 Å². The Balaban J connectivity index is 3.39. The van der Waals surface area contributed by atoms with Crippen LogP contribution in [0.3, 0.4) is 0 Å². The SMILES string of the molecule is COC(=O)C(C(=O)OC)=C1CCC(C(=O)O)N1C(=O)O. The minimum atomic E-state index is -1.57. The van der Waals surface area contributed by atoms with Gasteiger partial charge in [0, 0.05) is 5.70 Å². The summed E-state index contributed by atoms with van der Waals surface area (Å²) in [5.74, 6) is -3.52. The number of methoxy groups -OCH3 is 2. The molecule has 0 bridgehead atoms. The van der Waals surface area contributed by atoms with E-state index in [1.807, 2.05) is 0 Å². The van der Waals surface area contributed by atoms with Crippen molar-refractivity contribution < 1.29 is 38.9 Å². The molecule has 2 N–H and O–H groups in total. The fourth-order valence-corrected chi connectivity index (χ4v) is 1.96. The second-order valence-electron chi connectivity index (χ2n) is 3.85. The van der Waals surface area contributed by atoms with E-state index in [0.717, 1.165) is 14.2 Å². The Kier molecular flexibility index (Phi) is 4.68. The number of hydrogen-bond donors (Lipinski definition) is 2. The first-order valence-electron chi connectivity index (χ1n) is 5.49. The molecule has 1 fully saturated rings. The van der Waals surface area contributed by atoms with E-state index in [1.165, 1.54) is 0 Å². The van der Waals surface area contributed by atoms with Gasteiger partial charge in [-0.2, -0.15) is 0 Å². The molecule has 0 aromatic heterocycles. The van der Waals surface area contributed by atoms with Crippen LogP contribution in [0, 0.1) is 0 Å². The van der Waals surface area contributed by atoms with E-state index in [4.69, 9.17) is 10.2 Å². The van der Waals surface area contributed by atoms with E-state index < -0.39 is 35.6 Å². The van der Waals surface area contributed by atoms with Crippen molar-refractivity contribution in [2.45, 2.75) is 18.9 Å². The summed E-state index contributed by atoms with van der Waals surface area (Å²) in [5, 5.41) is 18.0. The van der Waals surface area contributed by atoms with Gasteiger partial charge in [0.15, 0.2) is 5.57 Å². The van der Waals surface area contributed by atoms with Gasteiger partial charge in [-0.05, 0) is 12.8 Å². The third-order valence-corrected chi connectivity index (χ3v) is 2.82. The topological polar surface area (TPSA) is 130 Å². The van der Waals surface area contributed by atoms with Gasteiger partial charge in [0.05, 0.1) is 14.2 Å². The standard InChI is InChI=1S/C11H13NO8/c1-19-9(15)7(10(16)20-2)5-3-4-6(8(13)14)12(5)11(17)18/h6H,3-4H2,1-2H3,(H,13,14)(H,17,18). The number of ether oxygens (including phenoxy) is 2. The van der Waals surface area contributed by atoms with Gasteiger partial charge in [-0.25, -0.2) is 19.2 Å². The van der Waals surface area contributed by atoms with Crippen LogP contribution in [0.4, 0.5) is 4.79 Å². The number of amides is 1. The number of rotatable bonds is 3. The lowest BCUT2D eigenvalue weighted by atomic mass is 10.1. The zero-order valence-electron chi connectivity index (χ0n) is 10.8. The summed E-state index contributed by atoms with van der Waals surface area (Å²) in [4.78, 5) is 45.9. The second kappa shape index (κ2) is 6.04. The number of nitrogens with zero attached hydrogens (tertiary/aromatic N) is 1. The molecule has 0 aliphatic carbocycles. The number of carboxylic acids is 1. The predicted octanol–water partition coefficient (Wildman–Crippen LogP) is -0.187. The third kappa shape index (κ3) is 2.71. The Morgan fingerprint density at radius 2 is 1.60 bits per heavy atom. The fraction of sp³-hybridized carbons (Fsp3) is 0.455. The lowest BCUT2D eigenvalue weighted by molar-refractivity contribution is -0.145. The van der Waals surface area contributed by atoms with Crippen LogP contribution in [0.25, 0.3) is 0 Å². The van der Waals surface area contributed by atoms with Crippen LogP contribution in [0.2, 0.25) is 0 Å². The summed E-state index contributed by atoms with van der Waals surface area (Å²) >= 11 is 0. The number of carbonyl (C=O) groups is 4. The molecule has 20 heavy (non-hydrogen) atoms. The van der Waals surface area contributed by atoms with Crippen LogP contribution >= 0.6 is 0 Å². The molecule has 1 saturated heterocycles. The van der Waals surface area contributed by atoms with Gasteiger partial charge >= 0.3 is 24.0 Å². The summed E-state index contributed by atoms with van der Waals surface area (Å²) in [5.41, 5.74) is -0.843. The lowest BCUT2D eigenvalue weighted by Crippen LogP contribution is -2.40. The fourth-order valence-electron chi connectivity index (χ4n) is 1.96. The van der Waals surface area contributed by atoms with Crippen molar-refractivity contribution in [2.75, 3.05) is 14.2 Å². The summed E-state index contributed by atoms with van der Waals surface area (Å²) in [6.45, 7) is 0. The Bertz CT molecular complexity index is 477. The van der Waals surface area contributed by atoms with Gasteiger partial charge in [0.25, 0.3) is 0 Å². The zero-order chi connectivity index (χ0) is 15.4. The molecule has 0 radical (unpaired) electrons. The summed E-state index contributed by atoms with van der Waals surface area (Å²) in [6, 6.07) is -1.35. The maximum atomic E-state index is 11.6. The van der Waals surface area contributed by atoms with Gasteiger partial charge < -0.3 is 19.7 Å². The first-order chi connectivity index (χ1) is 9.34. The van der Waals surface area contributed by atoms with Crippen molar-refractivity contribution in [3.05, 3.63) is 11.3 Å². The van der Waals surface area contributed by atoms with Gasteiger partial charge in [-0.1, -0.05) is 0 Å². The molecule has 1 atom stereocenters. The molecule has 110 valence electrons. The summed E-state index contributed by atoms with van der Waals surface area (Å²) < 4.78 is 8.81. The average molecular weight is 287 g/mol. The molecule has 9 heteroatoms. The Labute approximate surface area is 113 Å². The van der Waals surface area contributed by atoms with Crippen molar-refractivity contribution >= 4 is 24.0 Å². The molecule has 1 aliphatic rings. The molecule has 9 nitrogen and oxygen atoms in total. The normalized spacial score (nSPS) is 17.6. The maximum absolute atomic E-state index is 11.6. The van der Waals surface area contributed by atoms with Gasteiger partial charge in [-0.15, -0.1) is 0 Å². The molecule has 1 unspecified atom stereocenters. The Hall–Kier alpha value is -2.58. The number of carbonyl (C=O) groups excluding carboxylic acids is 2. The van der Waals surface area contributed by atoms with Crippen LogP contribution in [0.1, 0.15) is 12.8 Å². The van der Waals surface area contributed by atoms with Gasteiger partial charge in [-0.3, -0.25) is 4.90 Å². The highest BCUT2D eigenvalue weighted by molar-refractivity contribution is 6.15.